The van der Waals surface area contributed by atoms with Gasteiger partial charge in [0, 0.05) is 19.2 Å². The van der Waals surface area contributed by atoms with E-state index in [0.717, 1.165) is 0 Å². The molecule has 1 atom stereocenters. The van der Waals surface area contributed by atoms with Gasteiger partial charge in [-0.25, -0.2) is 9.78 Å². The lowest BCUT2D eigenvalue weighted by molar-refractivity contribution is -0.117. The molecular formula is C12H14BrN3O3. The minimum absolute atomic E-state index is 0.00512. The number of hydrogen-bond acceptors (Lipinski definition) is 5. The minimum atomic E-state index is -0.465. The number of aromatic nitrogens is 1. The van der Waals surface area contributed by atoms with E-state index in [9.17, 15) is 9.59 Å². The smallest absolute Gasteiger partial charge is 0.339 e. The quantitative estimate of drug-likeness (QED) is 0.835. The van der Waals surface area contributed by atoms with Crippen LogP contribution in [0.15, 0.2) is 16.7 Å². The molecule has 0 saturated carbocycles. The highest BCUT2D eigenvalue weighted by atomic mass is 79.9. The van der Waals surface area contributed by atoms with Gasteiger partial charge < -0.3 is 10.5 Å². The van der Waals surface area contributed by atoms with Gasteiger partial charge in [0.05, 0.1) is 17.1 Å². The number of hydrogen-bond donors (Lipinski definition) is 1. The summed E-state index contributed by atoms with van der Waals surface area (Å²) in [6, 6.07) is 1.59. The SMILES string of the molecule is COC(=O)c1cnc(N2CC(CN)CC2=O)c(Br)c1. The lowest BCUT2D eigenvalue weighted by Gasteiger charge is -2.17. The Kier molecular flexibility index (Phi) is 4.16. The molecule has 6 nitrogen and oxygen atoms in total. The van der Waals surface area contributed by atoms with E-state index in [2.05, 4.69) is 25.7 Å². The Morgan fingerprint density at radius 2 is 2.42 bits per heavy atom. The number of methoxy groups -OCH3 is 1. The highest BCUT2D eigenvalue weighted by Gasteiger charge is 2.31. The number of amides is 1. The van der Waals surface area contributed by atoms with Crippen LogP contribution in [0.3, 0.4) is 0 Å². The molecular weight excluding hydrogens is 314 g/mol. The first-order valence-electron chi connectivity index (χ1n) is 5.81. The Bertz CT molecular complexity index is 521. The first-order chi connectivity index (χ1) is 9.06. The molecule has 1 aliphatic heterocycles. The third-order valence-electron chi connectivity index (χ3n) is 3.04. The number of nitrogens with two attached hydrogens (primary N) is 1. The van der Waals surface area contributed by atoms with Crippen molar-refractivity contribution in [2.24, 2.45) is 11.7 Å². The first kappa shape index (κ1) is 14.0. The summed E-state index contributed by atoms with van der Waals surface area (Å²) in [6.45, 7) is 1.03. The van der Waals surface area contributed by atoms with Gasteiger partial charge in [-0.2, -0.15) is 0 Å². The monoisotopic (exact) mass is 327 g/mol. The van der Waals surface area contributed by atoms with Crippen LogP contribution in [0, 0.1) is 5.92 Å². The zero-order valence-electron chi connectivity index (χ0n) is 10.4. The number of pyridine rings is 1. The molecule has 7 heteroatoms. The fourth-order valence-electron chi connectivity index (χ4n) is 2.00. The maximum atomic E-state index is 11.9. The molecule has 1 aliphatic rings. The number of carbonyl (C=O) groups excluding carboxylic acids is 2. The molecule has 2 rings (SSSR count). The van der Waals surface area contributed by atoms with E-state index in [0.29, 0.717) is 35.4 Å². The molecule has 1 unspecified atom stereocenters. The van der Waals surface area contributed by atoms with Gasteiger partial charge in [-0.3, -0.25) is 9.69 Å². The predicted molar refractivity (Wildman–Crippen MR) is 72.8 cm³/mol. The number of halogens is 1. The van der Waals surface area contributed by atoms with Crippen molar-refractivity contribution < 1.29 is 14.3 Å². The number of rotatable bonds is 3. The molecule has 0 spiro atoms. The summed E-state index contributed by atoms with van der Waals surface area (Å²) >= 11 is 3.33. The molecule has 0 bridgehead atoms. The number of ether oxygens (including phenoxy) is 1. The van der Waals surface area contributed by atoms with Gasteiger partial charge in [0.25, 0.3) is 0 Å². The van der Waals surface area contributed by atoms with E-state index in [-0.39, 0.29) is 11.8 Å². The zero-order chi connectivity index (χ0) is 14.0. The summed E-state index contributed by atoms with van der Waals surface area (Å²) in [5.41, 5.74) is 5.92. The molecule has 0 radical (unpaired) electrons. The summed E-state index contributed by atoms with van der Waals surface area (Å²) in [4.78, 5) is 29.0. The average molecular weight is 328 g/mol. The standard InChI is InChI=1S/C12H14BrN3O3/c1-19-12(18)8-3-9(13)11(15-5-8)16-6-7(4-14)2-10(16)17/h3,5,7H,2,4,6,14H2,1H3. The van der Waals surface area contributed by atoms with Crippen LogP contribution in [0.25, 0.3) is 0 Å². The second-order valence-electron chi connectivity index (χ2n) is 4.33. The third kappa shape index (κ3) is 2.76. The van der Waals surface area contributed by atoms with Gasteiger partial charge in [-0.15, -0.1) is 0 Å². The molecule has 1 aromatic rings. The molecule has 2 N–H and O–H groups in total. The second kappa shape index (κ2) is 5.66. The lowest BCUT2D eigenvalue weighted by atomic mass is 10.1. The molecule has 1 aromatic heterocycles. The predicted octanol–water partition coefficient (Wildman–Crippen LogP) is 0.942. The molecule has 1 amide bonds. The first-order valence-corrected chi connectivity index (χ1v) is 6.60. The largest absolute Gasteiger partial charge is 0.465 e. The fraction of sp³-hybridized carbons (Fsp3) is 0.417. The van der Waals surface area contributed by atoms with E-state index in [1.54, 1.807) is 11.0 Å². The Hall–Kier alpha value is -1.47. The molecule has 102 valence electrons. The van der Waals surface area contributed by atoms with Crippen molar-refractivity contribution in [2.75, 3.05) is 25.1 Å². The highest BCUT2D eigenvalue weighted by Crippen LogP contribution is 2.30. The van der Waals surface area contributed by atoms with Crippen molar-refractivity contribution in [3.63, 3.8) is 0 Å². The van der Waals surface area contributed by atoms with Crippen molar-refractivity contribution in [1.29, 1.82) is 0 Å². The van der Waals surface area contributed by atoms with Crippen LogP contribution < -0.4 is 10.6 Å². The number of nitrogens with zero attached hydrogens (tertiary/aromatic N) is 2. The highest BCUT2D eigenvalue weighted by molar-refractivity contribution is 9.10. The Morgan fingerprint density at radius 1 is 1.68 bits per heavy atom. The van der Waals surface area contributed by atoms with Gasteiger partial charge in [-0.1, -0.05) is 0 Å². The molecule has 19 heavy (non-hydrogen) atoms. The fourth-order valence-corrected chi connectivity index (χ4v) is 2.57. The van der Waals surface area contributed by atoms with E-state index in [1.807, 2.05) is 0 Å². The number of anilines is 1. The molecule has 1 fully saturated rings. The van der Waals surface area contributed by atoms with E-state index >= 15 is 0 Å². The Balaban J connectivity index is 2.27. The molecule has 0 aromatic carbocycles. The van der Waals surface area contributed by atoms with Crippen LogP contribution in [-0.2, 0) is 9.53 Å². The Morgan fingerprint density at radius 3 is 2.95 bits per heavy atom. The van der Waals surface area contributed by atoms with Gasteiger partial charge >= 0.3 is 5.97 Å². The molecule has 1 saturated heterocycles. The van der Waals surface area contributed by atoms with Crippen LogP contribution in [0.5, 0.6) is 0 Å². The third-order valence-corrected chi connectivity index (χ3v) is 3.62. The van der Waals surface area contributed by atoms with E-state index < -0.39 is 5.97 Å². The van der Waals surface area contributed by atoms with Crippen molar-refractivity contribution in [3.05, 3.63) is 22.3 Å². The minimum Gasteiger partial charge on any atom is -0.465 e. The van der Waals surface area contributed by atoms with Crippen LogP contribution in [0.1, 0.15) is 16.8 Å². The second-order valence-corrected chi connectivity index (χ2v) is 5.19. The lowest BCUT2D eigenvalue weighted by Crippen LogP contribution is -2.27. The normalized spacial score (nSPS) is 18.8. The summed E-state index contributed by atoms with van der Waals surface area (Å²) in [6.07, 6.45) is 1.83. The van der Waals surface area contributed by atoms with Crippen molar-refractivity contribution in [3.8, 4) is 0 Å². The molecule has 0 aliphatic carbocycles. The van der Waals surface area contributed by atoms with Crippen LogP contribution in [0.2, 0.25) is 0 Å². The summed E-state index contributed by atoms with van der Waals surface area (Å²) < 4.78 is 5.20. The maximum absolute atomic E-state index is 11.9. The zero-order valence-corrected chi connectivity index (χ0v) is 12.0. The van der Waals surface area contributed by atoms with Crippen LogP contribution >= 0.6 is 15.9 Å². The van der Waals surface area contributed by atoms with Crippen molar-refractivity contribution in [2.45, 2.75) is 6.42 Å². The van der Waals surface area contributed by atoms with Gasteiger partial charge in [-0.05, 0) is 34.5 Å². The molecule has 2 heterocycles. The van der Waals surface area contributed by atoms with Crippen LogP contribution in [0.4, 0.5) is 5.82 Å². The van der Waals surface area contributed by atoms with Crippen molar-refractivity contribution >= 4 is 33.6 Å². The van der Waals surface area contributed by atoms with E-state index in [1.165, 1.54) is 13.3 Å². The van der Waals surface area contributed by atoms with Gasteiger partial charge in [0.2, 0.25) is 5.91 Å². The van der Waals surface area contributed by atoms with Crippen molar-refractivity contribution in [1.82, 2.24) is 4.98 Å². The summed E-state index contributed by atoms with van der Waals surface area (Å²) in [7, 11) is 1.31. The topological polar surface area (TPSA) is 85.5 Å². The van der Waals surface area contributed by atoms with Crippen LogP contribution in [-0.4, -0.2) is 37.1 Å². The number of carbonyl (C=O) groups is 2. The Labute approximate surface area is 119 Å². The average Bonchev–Trinajstić information content (AvgIpc) is 2.79. The summed E-state index contributed by atoms with van der Waals surface area (Å²) in [5, 5.41) is 0. The summed E-state index contributed by atoms with van der Waals surface area (Å²) in [5.74, 6) is 0.192. The van der Waals surface area contributed by atoms with Gasteiger partial charge in [0.15, 0.2) is 0 Å². The van der Waals surface area contributed by atoms with E-state index in [4.69, 9.17) is 5.73 Å². The number of esters is 1. The van der Waals surface area contributed by atoms with Gasteiger partial charge in [0.1, 0.15) is 5.82 Å². The maximum Gasteiger partial charge on any atom is 0.339 e.